The second-order valence-electron chi connectivity index (χ2n) is 6.38. The predicted octanol–water partition coefficient (Wildman–Crippen LogP) is 2.72. The number of benzene rings is 1. The molecule has 25 heavy (non-hydrogen) atoms. The molecule has 1 aliphatic rings. The number of para-hydroxylation sites is 1. The molecule has 1 aromatic rings. The molecule has 0 radical (unpaired) electrons. The molecule has 0 atom stereocenters. The van der Waals surface area contributed by atoms with Crippen LogP contribution in [0.1, 0.15) is 31.2 Å². The molecule has 1 heterocycles. The first-order valence-corrected chi connectivity index (χ1v) is 9.43. The van der Waals surface area contributed by atoms with Gasteiger partial charge >= 0.3 is 5.97 Å². The van der Waals surface area contributed by atoms with Gasteiger partial charge in [0.15, 0.2) is 5.11 Å². The molecule has 0 spiro atoms. The summed E-state index contributed by atoms with van der Waals surface area (Å²) in [5.74, 6) is -0.130. The second-order valence-corrected chi connectivity index (χ2v) is 6.77. The first kappa shape index (κ1) is 19.5. The Bertz CT molecular complexity index is 572. The Kier molecular flexibility index (Phi) is 7.98. The van der Waals surface area contributed by atoms with Crippen LogP contribution in [-0.4, -0.2) is 55.8 Å². The Labute approximate surface area is 156 Å². The zero-order chi connectivity index (χ0) is 18.1. The van der Waals surface area contributed by atoms with E-state index in [2.05, 4.69) is 51.0 Å². The summed E-state index contributed by atoms with van der Waals surface area (Å²) < 4.78 is 4.64. The lowest BCUT2D eigenvalue weighted by molar-refractivity contribution is -0.140. The van der Waals surface area contributed by atoms with Crippen LogP contribution in [-0.2, 0) is 9.53 Å². The highest BCUT2D eigenvalue weighted by Gasteiger charge is 2.19. The number of hydrogen-bond donors (Lipinski definition) is 1. The fraction of sp³-hybridized carbons (Fsp3) is 0.579. The molecule has 1 aliphatic heterocycles. The minimum absolute atomic E-state index is 0.130. The van der Waals surface area contributed by atoms with Gasteiger partial charge in [0, 0.05) is 44.8 Å². The fourth-order valence-electron chi connectivity index (χ4n) is 3.05. The van der Waals surface area contributed by atoms with Gasteiger partial charge in [0.2, 0.25) is 0 Å². The molecular weight excluding hydrogens is 334 g/mol. The van der Waals surface area contributed by atoms with Crippen LogP contribution in [0.25, 0.3) is 0 Å². The van der Waals surface area contributed by atoms with Crippen molar-refractivity contribution in [3.63, 3.8) is 0 Å². The standard InChI is InChI=1S/C19H29N3O2S/c1-16-8-5-6-9-17(16)21-12-14-22(15-13-21)19(25)20-11-7-3-4-10-18(23)24-2/h5-6,8-9H,3-4,7,10-15H2,1-2H3,(H,20,25). The van der Waals surface area contributed by atoms with E-state index >= 15 is 0 Å². The van der Waals surface area contributed by atoms with Crippen molar-refractivity contribution in [2.45, 2.75) is 32.6 Å². The molecule has 1 N–H and O–H groups in total. The van der Waals surface area contributed by atoms with Crippen LogP contribution in [0.3, 0.4) is 0 Å². The average molecular weight is 364 g/mol. The number of unbranched alkanes of at least 4 members (excludes halogenated alkanes) is 2. The van der Waals surface area contributed by atoms with E-state index in [1.54, 1.807) is 0 Å². The van der Waals surface area contributed by atoms with Crippen molar-refractivity contribution in [1.29, 1.82) is 0 Å². The molecule has 0 unspecified atom stereocenters. The van der Waals surface area contributed by atoms with E-state index in [-0.39, 0.29) is 5.97 Å². The lowest BCUT2D eigenvalue weighted by Gasteiger charge is -2.38. The molecule has 0 aliphatic carbocycles. The zero-order valence-corrected chi connectivity index (χ0v) is 16.1. The van der Waals surface area contributed by atoms with Gasteiger partial charge in [-0.15, -0.1) is 0 Å². The van der Waals surface area contributed by atoms with Crippen LogP contribution in [0.5, 0.6) is 0 Å². The van der Waals surface area contributed by atoms with E-state index in [9.17, 15) is 4.79 Å². The van der Waals surface area contributed by atoms with Gasteiger partial charge in [0.1, 0.15) is 0 Å². The molecule has 2 rings (SSSR count). The van der Waals surface area contributed by atoms with Crippen LogP contribution in [0.15, 0.2) is 24.3 Å². The maximum absolute atomic E-state index is 11.0. The Morgan fingerprint density at radius 3 is 2.56 bits per heavy atom. The number of carbonyl (C=O) groups excluding carboxylic acids is 1. The number of piperazine rings is 1. The molecule has 6 heteroatoms. The number of hydrogen-bond acceptors (Lipinski definition) is 4. The fourth-order valence-corrected chi connectivity index (χ4v) is 3.33. The molecule has 5 nitrogen and oxygen atoms in total. The summed E-state index contributed by atoms with van der Waals surface area (Å²) in [5, 5.41) is 4.19. The summed E-state index contributed by atoms with van der Waals surface area (Å²) in [6.45, 7) is 6.90. The third-order valence-corrected chi connectivity index (χ3v) is 4.99. The van der Waals surface area contributed by atoms with Crippen molar-refractivity contribution in [3.05, 3.63) is 29.8 Å². The van der Waals surface area contributed by atoms with E-state index in [0.29, 0.717) is 6.42 Å². The first-order valence-electron chi connectivity index (χ1n) is 9.02. The number of thiocarbonyl (C=S) groups is 1. The van der Waals surface area contributed by atoms with Crippen molar-refractivity contribution < 1.29 is 9.53 Å². The monoisotopic (exact) mass is 363 g/mol. The van der Waals surface area contributed by atoms with Gasteiger partial charge in [-0.2, -0.15) is 0 Å². The van der Waals surface area contributed by atoms with Crippen molar-refractivity contribution >= 4 is 29.0 Å². The van der Waals surface area contributed by atoms with Crippen molar-refractivity contribution in [2.75, 3.05) is 44.7 Å². The molecule has 1 aromatic carbocycles. The number of carbonyl (C=O) groups is 1. The van der Waals surface area contributed by atoms with Gasteiger partial charge < -0.3 is 19.9 Å². The van der Waals surface area contributed by atoms with Crippen LogP contribution in [0.2, 0.25) is 0 Å². The number of esters is 1. The van der Waals surface area contributed by atoms with Gasteiger partial charge in [0.25, 0.3) is 0 Å². The molecule has 0 saturated carbocycles. The molecule has 138 valence electrons. The quantitative estimate of drug-likeness (QED) is 0.457. The van der Waals surface area contributed by atoms with Crippen LogP contribution >= 0.6 is 12.2 Å². The van der Waals surface area contributed by atoms with E-state index in [1.165, 1.54) is 18.4 Å². The maximum atomic E-state index is 11.0. The number of anilines is 1. The highest BCUT2D eigenvalue weighted by Crippen LogP contribution is 2.20. The lowest BCUT2D eigenvalue weighted by Crippen LogP contribution is -2.52. The molecule has 0 aromatic heterocycles. The maximum Gasteiger partial charge on any atom is 0.305 e. The Morgan fingerprint density at radius 1 is 1.16 bits per heavy atom. The van der Waals surface area contributed by atoms with Gasteiger partial charge in [-0.3, -0.25) is 4.79 Å². The van der Waals surface area contributed by atoms with E-state index < -0.39 is 0 Å². The smallest absolute Gasteiger partial charge is 0.305 e. The molecule has 1 fully saturated rings. The Hall–Kier alpha value is -1.82. The van der Waals surface area contributed by atoms with Crippen LogP contribution < -0.4 is 10.2 Å². The largest absolute Gasteiger partial charge is 0.469 e. The van der Waals surface area contributed by atoms with Gasteiger partial charge in [0.05, 0.1) is 7.11 Å². The average Bonchev–Trinajstić information content (AvgIpc) is 2.64. The minimum atomic E-state index is -0.130. The third-order valence-electron chi connectivity index (χ3n) is 4.58. The summed E-state index contributed by atoms with van der Waals surface area (Å²) in [5.41, 5.74) is 2.65. The van der Waals surface area contributed by atoms with Gasteiger partial charge in [-0.25, -0.2) is 0 Å². The van der Waals surface area contributed by atoms with Gasteiger partial charge in [-0.05, 0) is 43.6 Å². The topological polar surface area (TPSA) is 44.8 Å². The number of methoxy groups -OCH3 is 1. The lowest BCUT2D eigenvalue weighted by atomic mass is 10.1. The molecule has 0 amide bonds. The highest BCUT2D eigenvalue weighted by molar-refractivity contribution is 7.80. The minimum Gasteiger partial charge on any atom is -0.469 e. The van der Waals surface area contributed by atoms with Crippen LogP contribution in [0.4, 0.5) is 5.69 Å². The summed E-state index contributed by atoms with van der Waals surface area (Å²) in [4.78, 5) is 15.7. The van der Waals surface area contributed by atoms with E-state index in [0.717, 1.165) is 57.1 Å². The van der Waals surface area contributed by atoms with Gasteiger partial charge in [-0.1, -0.05) is 24.6 Å². The first-order chi connectivity index (χ1) is 12.1. The Morgan fingerprint density at radius 2 is 1.88 bits per heavy atom. The number of nitrogens with zero attached hydrogens (tertiary/aromatic N) is 2. The van der Waals surface area contributed by atoms with Crippen molar-refractivity contribution in [2.24, 2.45) is 0 Å². The zero-order valence-electron chi connectivity index (χ0n) is 15.3. The molecule has 0 bridgehead atoms. The normalized spacial score (nSPS) is 14.3. The summed E-state index contributed by atoms with van der Waals surface area (Å²) in [6.07, 6.45) is 3.39. The van der Waals surface area contributed by atoms with Crippen molar-refractivity contribution in [3.8, 4) is 0 Å². The summed E-state index contributed by atoms with van der Waals surface area (Å²) >= 11 is 5.52. The summed E-state index contributed by atoms with van der Waals surface area (Å²) in [7, 11) is 1.43. The second kappa shape index (κ2) is 10.2. The molecule has 1 saturated heterocycles. The number of aryl methyl sites for hydroxylation is 1. The SMILES string of the molecule is COC(=O)CCCCCNC(=S)N1CCN(c2ccccc2C)CC1. The van der Waals surface area contributed by atoms with Crippen molar-refractivity contribution in [1.82, 2.24) is 10.2 Å². The van der Waals surface area contributed by atoms with E-state index in [4.69, 9.17) is 12.2 Å². The summed E-state index contributed by atoms with van der Waals surface area (Å²) in [6, 6.07) is 8.53. The number of ether oxygens (including phenoxy) is 1. The number of nitrogens with one attached hydrogen (secondary N) is 1. The number of rotatable bonds is 7. The Balaban J connectivity index is 1.63. The highest BCUT2D eigenvalue weighted by atomic mass is 32.1. The predicted molar refractivity (Wildman–Crippen MR) is 106 cm³/mol. The van der Waals surface area contributed by atoms with E-state index in [1.807, 2.05) is 0 Å². The van der Waals surface area contributed by atoms with Crippen LogP contribution in [0, 0.1) is 6.92 Å². The third kappa shape index (κ3) is 6.20. The molecular formula is C19H29N3O2S.